The van der Waals surface area contributed by atoms with Crippen LogP contribution in [0.3, 0.4) is 0 Å². The number of ether oxygens (including phenoxy) is 3. The van der Waals surface area contributed by atoms with Crippen molar-refractivity contribution in [2.75, 3.05) is 33.9 Å². The molecule has 0 aromatic heterocycles. The Kier molecular flexibility index (Phi) is 21.4. The zero-order valence-electron chi connectivity index (χ0n) is 42.7. The van der Waals surface area contributed by atoms with Crippen molar-refractivity contribution in [1.82, 2.24) is 4.90 Å². The summed E-state index contributed by atoms with van der Waals surface area (Å²) >= 11 is 0. The van der Waals surface area contributed by atoms with Crippen LogP contribution in [0.5, 0.6) is 5.75 Å². The number of nitrogens with two attached hydrogens (primary N) is 1. The zero-order valence-corrected chi connectivity index (χ0v) is 49.2. The first-order valence-corrected chi connectivity index (χ1v) is 33.3. The molecule has 2 heterocycles. The fourth-order valence-corrected chi connectivity index (χ4v) is 13.3. The Hall–Kier alpha value is -4.37. The van der Waals surface area contributed by atoms with Gasteiger partial charge in [-0.25, -0.2) is 33.5 Å². The zero-order chi connectivity index (χ0) is 66.9. The van der Waals surface area contributed by atoms with Gasteiger partial charge in [0.05, 0.1) is 36.8 Å². The van der Waals surface area contributed by atoms with Crippen molar-refractivity contribution in [3.8, 4) is 5.75 Å². The van der Waals surface area contributed by atoms with Gasteiger partial charge in [-0.1, -0.05) is 19.1 Å². The highest BCUT2D eigenvalue weighted by Gasteiger charge is 2.69. The quantitative estimate of drug-likeness (QED) is 0.0358. The van der Waals surface area contributed by atoms with Gasteiger partial charge < -0.3 is 45.5 Å². The molecule has 0 spiro atoms. The van der Waals surface area contributed by atoms with Crippen molar-refractivity contribution in [3.63, 3.8) is 0 Å². The van der Waals surface area contributed by atoms with E-state index in [1.807, 2.05) is 0 Å². The molecule has 1 saturated carbocycles. The van der Waals surface area contributed by atoms with Crippen LogP contribution in [0.15, 0.2) is 35.1 Å². The molecule has 6 rings (SSSR count). The van der Waals surface area contributed by atoms with Crippen molar-refractivity contribution in [1.29, 1.82) is 0 Å². The molecule has 87 heavy (non-hydrogen) atoms. The maximum absolute atomic E-state index is 13.7. The molecule has 0 bridgehead atoms. The molecule has 45 nitrogen and oxygen atoms in total. The molecule has 0 radical (unpaired) electrons. The molecule has 1 amide bonds. The Balaban J connectivity index is 0.000000362. The lowest BCUT2D eigenvalue weighted by Crippen LogP contribution is -2.70. The van der Waals surface area contributed by atoms with Crippen LogP contribution in [0.2, 0.25) is 0 Å². The third-order valence-corrected chi connectivity index (χ3v) is 16.3. The van der Waals surface area contributed by atoms with Crippen LogP contribution in [-0.2, 0) is 145 Å². The SMILES string of the molecule is C[C@H]1c2cccc(O)c2C(O)=C2C(=O)[C@]3(O)C(O)=C(C(N)=O)C(=O)[C@@H](N(C)C)[C@@H]3C(O)[C@@H]21.O=S(=O)(O)OC[C@H]1O[C@@](COS(=O)(=O)O)(O[C@H]2O[C@H](COS(=O)(=O)O)[C@@H](OS(=O)(=O)O)[C@H](OS(=O)(=O)O)[C@H]2OS(=O)(=O)O)[C@@H](OS(=O)(=O)O)[C@@H]1OS(=O)(=O)O. The van der Waals surface area contributed by atoms with E-state index < -0.39 is 233 Å². The van der Waals surface area contributed by atoms with E-state index in [4.69, 9.17) is 29.0 Å². The van der Waals surface area contributed by atoms with E-state index in [9.17, 15) is 135 Å². The first kappa shape index (κ1) is 73.4. The molecule has 3 fully saturated rings. The molecule has 498 valence electrons. The molecule has 1 unspecified atom stereocenters. The van der Waals surface area contributed by atoms with Crippen LogP contribution >= 0.6 is 0 Å². The molecular weight excluding hydrogens is 1380 g/mol. The number of likely N-dealkylation sites (N-methyl/N-ethyl adjacent to an activating group) is 1. The van der Waals surface area contributed by atoms with E-state index >= 15 is 0 Å². The number of nitrogens with zero attached hydrogens (tertiary/aromatic N) is 1. The lowest BCUT2D eigenvalue weighted by Gasteiger charge is -2.53. The molecular formula is C34H46N2O43S8. The summed E-state index contributed by atoms with van der Waals surface area (Å²) in [5.74, 6) is -13.0. The third-order valence-electron chi connectivity index (χ3n) is 12.7. The number of ketones is 2. The van der Waals surface area contributed by atoms with Crippen LogP contribution in [0.25, 0.3) is 5.76 Å². The Morgan fingerprint density at radius 1 is 0.644 bits per heavy atom. The second-order valence-corrected chi connectivity index (χ2v) is 26.9. The van der Waals surface area contributed by atoms with Gasteiger partial charge in [0.1, 0.15) is 60.0 Å². The smallest absolute Gasteiger partial charge is 0.397 e. The number of amides is 1. The fraction of sp³-hybridized carbons (Fsp3) is 0.618. The topological polar surface area (TPSA) is 718 Å². The summed E-state index contributed by atoms with van der Waals surface area (Å²) in [7, 11) is -45.3. The molecule has 1 aromatic rings. The average molecular weight is 1430 g/mol. The number of hydrogen-bond donors (Lipinski definition) is 14. The molecule has 15 N–H and O–H groups in total. The second kappa shape index (κ2) is 25.4. The normalized spacial score (nSPS) is 32.0. The molecule has 3 aliphatic carbocycles. The number of aliphatic hydroxyl groups excluding tert-OH is 3. The first-order chi connectivity index (χ1) is 39.0. The second-order valence-electron chi connectivity index (χ2n) is 18.4. The molecule has 5 aliphatic rings. The molecule has 1 aromatic carbocycles. The van der Waals surface area contributed by atoms with Gasteiger partial charge in [-0.3, -0.25) is 55.7 Å². The van der Waals surface area contributed by atoms with E-state index in [1.54, 1.807) is 19.1 Å². The number of hydrogen-bond acceptors (Lipinski definition) is 36. The van der Waals surface area contributed by atoms with Crippen LogP contribution in [0, 0.1) is 11.8 Å². The van der Waals surface area contributed by atoms with Gasteiger partial charge in [-0.2, -0.15) is 67.3 Å². The van der Waals surface area contributed by atoms with E-state index in [-0.39, 0.29) is 11.3 Å². The van der Waals surface area contributed by atoms with E-state index in [2.05, 4.69) is 33.5 Å². The summed E-state index contributed by atoms with van der Waals surface area (Å²) < 4.78 is 307. The lowest BCUT2D eigenvalue weighted by atomic mass is 9.54. The molecule has 2 aliphatic heterocycles. The third kappa shape index (κ3) is 17.6. The highest BCUT2D eigenvalue weighted by molar-refractivity contribution is 7.82. The lowest BCUT2D eigenvalue weighted by molar-refractivity contribution is -0.374. The Morgan fingerprint density at radius 3 is 1.56 bits per heavy atom. The molecule has 2 saturated heterocycles. The predicted molar refractivity (Wildman–Crippen MR) is 262 cm³/mol. The number of rotatable bonds is 23. The minimum absolute atomic E-state index is 0.0245. The number of phenols is 1. The standard InChI is InChI=1S/C22H24N2O8.C12H22O35S8/c1-7-8-5-4-6-9(25)11(8)16(26)12-10(7)17(27)14-15(24(2)3)18(28)13(21(23)31)20(30)22(14,32)19(12)29;13-48(14,15)37-1-4-6(43-51(22,23)24)8(45-53(28,29)30)9(46-54(31,32)33)11(40-4)42-12(3-39-50(19,20)21)10(47-55(34,35)36)7(44-52(25,26)27)5(41-12)2-38-49(16,17)18/h4-7,10,14-15,17,25-27,30,32H,1-3H3,(H2,23,31);4-11H,1-3H2,(H,13,14,15)(H,16,17,18)(H,19,20,21)(H,22,23,24)(H,25,26,27)(H,28,29,30)(H,31,32,33)(H,34,35,36)/t7-,10+,14+,15-,17?,22-;4-,5-,6-,7-,8+,9-,10+,11-,12+/m01/s1. The number of carbonyl (C=O) groups is 3. The summed E-state index contributed by atoms with van der Waals surface area (Å²) in [6.45, 7) is -4.57. The van der Waals surface area contributed by atoms with E-state index in [0.717, 1.165) is 0 Å². The minimum atomic E-state index is -6.24. The van der Waals surface area contributed by atoms with Crippen molar-refractivity contribution < 1.29 is 191 Å². The summed E-state index contributed by atoms with van der Waals surface area (Å²) in [6.07, 6.45) is -27.6. The van der Waals surface area contributed by atoms with Gasteiger partial charge >= 0.3 is 83.2 Å². The van der Waals surface area contributed by atoms with Gasteiger partial charge in [0, 0.05) is 11.5 Å². The first-order valence-electron chi connectivity index (χ1n) is 22.3. The number of benzene rings is 1. The molecule has 53 heteroatoms. The van der Waals surface area contributed by atoms with Crippen LogP contribution < -0.4 is 5.73 Å². The van der Waals surface area contributed by atoms with E-state index in [1.165, 1.54) is 25.1 Å². The predicted octanol–water partition coefficient (Wildman–Crippen LogP) is -7.28. The maximum atomic E-state index is 13.7. The summed E-state index contributed by atoms with van der Waals surface area (Å²) in [5, 5.41) is 54.9. The van der Waals surface area contributed by atoms with Crippen LogP contribution in [0.4, 0.5) is 0 Å². The van der Waals surface area contributed by atoms with E-state index in [0.29, 0.717) is 5.56 Å². The number of Topliss-reactive ketones (excluding diaryl/α,β-unsaturated/α-hetero) is 2. The largest absolute Gasteiger partial charge is 0.508 e. The van der Waals surface area contributed by atoms with Crippen molar-refractivity contribution in [2.45, 2.75) is 85.4 Å². The summed E-state index contributed by atoms with van der Waals surface area (Å²) in [6, 6.07) is 3.13. The van der Waals surface area contributed by atoms with Gasteiger partial charge in [-0.05, 0) is 31.6 Å². The average Bonchev–Trinajstić information content (AvgIpc) is 1.13. The van der Waals surface area contributed by atoms with Gasteiger partial charge in [0.2, 0.25) is 11.6 Å². The summed E-state index contributed by atoms with van der Waals surface area (Å²) in [4.78, 5) is 40.0. The Morgan fingerprint density at radius 2 is 1.10 bits per heavy atom. The highest BCUT2D eigenvalue weighted by atomic mass is 32.3. The van der Waals surface area contributed by atoms with Crippen LogP contribution in [0.1, 0.15) is 24.0 Å². The van der Waals surface area contributed by atoms with Crippen molar-refractivity contribution in [3.05, 3.63) is 46.2 Å². The van der Waals surface area contributed by atoms with Crippen molar-refractivity contribution in [2.24, 2.45) is 17.6 Å². The summed E-state index contributed by atoms with van der Waals surface area (Å²) in [5.41, 5.74) is 1.47. The number of fused-ring (bicyclic) bond motifs is 3. The molecule has 15 atom stereocenters. The monoisotopic (exact) mass is 1430 g/mol. The Bertz CT molecular complexity index is 3910. The number of primary amides is 1. The minimum Gasteiger partial charge on any atom is -0.508 e. The maximum Gasteiger partial charge on any atom is 0.397 e. The fourth-order valence-electron chi connectivity index (χ4n) is 9.81. The number of aromatic hydroxyl groups is 1. The van der Waals surface area contributed by atoms with Crippen LogP contribution in [-0.4, -0.2) is 258 Å². The van der Waals surface area contributed by atoms with Gasteiger partial charge in [-0.15, -0.1) is 0 Å². The highest BCUT2D eigenvalue weighted by Crippen LogP contribution is 2.56. The van der Waals surface area contributed by atoms with Gasteiger partial charge in [0.15, 0.2) is 29.9 Å². The Labute approximate surface area is 489 Å². The van der Waals surface area contributed by atoms with Crippen molar-refractivity contribution >= 4 is 106 Å². The number of carbonyl (C=O) groups excluding carboxylic acids is 3. The van der Waals surface area contributed by atoms with Gasteiger partial charge in [0.25, 0.3) is 5.91 Å². The number of aliphatic hydroxyl groups is 4. The number of phenolic OH excluding ortho intramolecular Hbond substituents is 1.